The molecule has 4 heterocycles. The summed E-state index contributed by atoms with van der Waals surface area (Å²) in [5, 5.41) is 39.0. The van der Waals surface area contributed by atoms with Gasteiger partial charge in [0.05, 0.1) is 58.0 Å². The molecule has 0 radical (unpaired) electrons. The predicted octanol–water partition coefficient (Wildman–Crippen LogP) is -1.86. The summed E-state index contributed by atoms with van der Waals surface area (Å²) < 4.78 is 80.3. The molecule has 4 aromatic rings. The Balaban J connectivity index is 1.30. The molecule has 11 N–H and O–H groups in total. The Hall–Kier alpha value is -2.87. The van der Waals surface area contributed by atoms with E-state index in [1.807, 2.05) is 0 Å². The number of aromatic nitrogens is 7. The maximum atomic E-state index is 12.5. The molecule has 4 rings (SSSR count). The summed E-state index contributed by atoms with van der Waals surface area (Å²) in [6, 6.07) is 1.46. The van der Waals surface area contributed by atoms with E-state index in [0.717, 1.165) is 12.7 Å². The number of imidazole rings is 2. The second-order valence-electron chi connectivity index (χ2n) is 10.5. The van der Waals surface area contributed by atoms with Gasteiger partial charge in [-0.15, -0.1) is 0 Å². The van der Waals surface area contributed by atoms with Crippen LogP contribution in [0.3, 0.4) is 0 Å². The van der Waals surface area contributed by atoms with Crippen molar-refractivity contribution in [2.75, 3.05) is 57.0 Å². The number of hydrogen-bond acceptors (Lipinski definition) is 22. The average Bonchev–Trinajstić information content (AvgIpc) is 3.70. The topological polar surface area (TPSA) is 415 Å². The van der Waals surface area contributed by atoms with Crippen molar-refractivity contribution in [1.82, 2.24) is 34.1 Å². The third-order valence-corrected chi connectivity index (χ3v) is 14.0. The van der Waals surface area contributed by atoms with E-state index in [-0.39, 0.29) is 33.8 Å². The summed E-state index contributed by atoms with van der Waals surface area (Å²) in [6.07, 6.45) is -0.897. The minimum atomic E-state index is -5.87. The van der Waals surface area contributed by atoms with Crippen molar-refractivity contribution in [3.8, 4) is 0 Å². The van der Waals surface area contributed by atoms with Gasteiger partial charge >= 0.3 is 23.0 Å². The normalized spacial score (nSPS) is 19.2. The number of nitrogens with two attached hydrogens (primary N) is 2. The number of anilines is 2. The predicted molar refractivity (Wildman–Crippen MR) is 174 cm³/mol. The summed E-state index contributed by atoms with van der Waals surface area (Å²) >= 11 is 0. The van der Waals surface area contributed by atoms with E-state index in [0.29, 0.717) is 0 Å². The van der Waals surface area contributed by atoms with Crippen LogP contribution in [0.15, 0.2) is 31.2 Å². The van der Waals surface area contributed by atoms with Crippen molar-refractivity contribution in [3.63, 3.8) is 0 Å². The standard InChI is InChI=1S/C22H35N9O18P4/c23-15-1-2-25-21-18(15)28-10-30(21)16(5-34)46-13(3-32)7-44-52(40,41)48-50(36,37)12-51(38,39)49-53(42,43)45-8-14(4-33)47-17(6-35)31-11-29-19-20(24)26-9-27-22(19)31/h1-2,9-11,13-14,16-17,32-35H,3-8,12H2,(H2,23,25)(H,36,37)(H,38,39)(H,40,41)(H,42,43)(H2,24,26,27)/p-1/t13-,14-,16+,17-/m0/s1. The highest BCUT2D eigenvalue weighted by atomic mass is 31.3. The Labute approximate surface area is 297 Å². The highest BCUT2D eigenvalue weighted by Crippen LogP contribution is 2.69. The fraction of sp³-hybridized carbons (Fsp3) is 0.500. The molecule has 0 fully saturated rings. The number of nitrogen functional groups attached to an aromatic ring is 2. The first-order valence-electron chi connectivity index (χ1n) is 14.6. The van der Waals surface area contributed by atoms with Crippen LogP contribution in [0.5, 0.6) is 0 Å². The molecule has 27 nitrogen and oxygen atoms in total. The maximum Gasteiger partial charge on any atom is 0.479 e. The quantitative estimate of drug-likeness (QED) is 0.0392. The zero-order chi connectivity index (χ0) is 39.2. The van der Waals surface area contributed by atoms with Crippen LogP contribution in [-0.2, 0) is 45.4 Å². The second kappa shape index (κ2) is 17.7. The van der Waals surface area contributed by atoms with Gasteiger partial charge in [0.2, 0.25) is 0 Å². The van der Waals surface area contributed by atoms with Gasteiger partial charge in [0.25, 0.3) is 7.82 Å². The van der Waals surface area contributed by atoms with Crippen LogP contribution in [0.4, 0.5) is 11.5 Å². The number of aliphatic hydroxyl groups excluding tert-OH is 4. The molecular weight excluding hydrogens is 802 g/mol. The number of hydrogen-bond donors (Lipinski definition) is 9. The Morgan fingerprint density at radius 3 is 1.81 bits per heavy atom. The molecule has 0 amide bonds. The molecule has 0 aliphatic carbocycles. The van der Waals surface area contributed by atoms with Crippen LogP contribution >= 0.6 is 30.8 Å². The molecule has 4 unspecified atom stereocenters. The number of nitrogens with zero attached hydrogens (tertiary/aromatic N) is 7. The molecule has 0 saturated heterocycles. The number of aliphatic hydroxyl groups is 4. The van der Waals surface area contributed by atoms with Gasteiger partial charge in [0.1, 0.15) is 29.6 Å². The minimum Gasteiger partial charge on any atom is -0.756 e. The molecule has 0 aromatic carbocycles. The van der Waals surface area contributed by atoms with Gasteiger partial charge < -0.3 is 65.5 Å². The minimum absolute atomic E-state index is 0.00385. The number of ether oxygens (including phenoxy) is 2. The van der Waals surface area contributed by atoms with Gasteiger partial charge in [-0.3, -0.25) is 27.4 Å². The number of pyridine rings is 1. The first kappa shape index (κ1) is 42.9. The molecule has 0 spiro atoms. The summed E-state index contributed by atoms with van der Waals surface area (Å²) in [4.78, 5) is 62.2. The van der Waals surface area contributed by atoms with Gasteiger partial charge in [-0.05, 0) is 6.07 Å². The summed E-state index contributed by atoms with van der Waals surface area (Å²) in [5.41, 5.74) is 12.5. The molecule has 0 aliphatic heterocycles. The average molecular weight is 836 g/mol. The third-order valence-electron chi connectivity index (χ3n) is 6.58. The van der Waals surface area contributed by atoms with Crippen LogP contribution in [0.1, 0.15) is 12.5 Å². The zero-order valence-corrected chi connectivity index (χ0v) is 30.4. The molecule has 53 heavy (non-hydrogen) atoms. The smallest absolute Gasteiger partial charge is 0.479 e. The number of fused-ring (bicyclic) bond motifs is 2. The highest BCUT2D eigenvalue weighted by Gasteiger charge is 2.42. The van der Waals surface area contributed by atoms with E-state index < -0.39 is 101 Å². The Bertz CT molecular complexity index is 1910. The Kier molecular flexibility index (Phi) is 14.3. The van der Waals surface area contributed by atoms with Gasteiger partial charge in [-0.25, -0.2) is 38.1 Å². The summed E-state index contributed by atoms with van der Waals surface area (Å²) in [6.45, 7) is -5.44. The molecule has 8 atom stereocenters. The van der Waals surface area contributed by atoms with Crippen molar-refractivity contribution in [3.05, 3.63) is 31.2 Å². The van der Waals surface area contributed by atoms with Crippen LogP contribution in [-0.4, -0.2) is 127 Å². The van der Waals surface area contributed by atoms with Crippen molar-refractivity contribution >= 4 is 64.7 Å². The van der Waals surface area contributed by atoms with Crippen molar-refractivity contribution in [1.29, 1.82) is 0 Å². The van der Waals surface area contributed by atoms with Gasteiger partial charge in [-0.2, -0.15) is 0 Å². The molecule has 296 valence electrons. The fourth-order valence-electron chi connectivity index (χ4n) is 4.35. The molecular formula is C22H34N9O18P4-. The lowest BCUT2D eigenvalue weighted by atomic mass is 10.3. The number of rotatable bonds is 22. The van der Waals surface area contributed by atoms with E-state index in [1.54, 1.807) is 0 Å². The monoisotopic (exact) mass is 836 g/mol. The van der Waals surface area contributed by atoms with Crippen molar-refractivity contribution in [2.24, 2.45) is 0 Å². The Morgan fingerprint density at radius 2 is 1.25 bits per heavy atom. The maximum absolute atomic E-state index is 12.5. The van der Waals surface area contributed by atoms with Gasteiger partial charge in [0, 0.05) is 6.20 Å². The largest absolute Gasteiger partial charge is 0.756 e. The molecule has 4 aromatic heterocycles. The lowest BCUT2D eigenvalue weighted by Gasteiger charge is -2.29. The van der Waals surface area contributed by atoms with Crippen molar-refractivity contribution in [2.45, 2.75) is 24.7 Å². The lowest BCUT2D eigenvalue weighted by molar-refractivity contribution is -0.221. The number of phosphoric acid groups is 2. The summed E-state index contributed by atoms with van der Waals surface area (Å²) in [7, 11) is -22.9. The van der Waals surface area contributed by atoms with Gasteiger partial charge in [0.15, 0.2) is 35.5 Å². The Morgan fingerprint density at radius 1 is 0.717 bits per heavy atom. The highest BCUT2D eigenvalue weighted by molar-refractivity contribution is 7.76. The molecule has 31 heteroatoms. The van der Waals surface area contributed by atoms with Crippen LogP contribution in [0.2, 0.25) is 0 Å². The molecule has 0 bridgehead atoms. The molecule has 0 saturated carbocycles. The zero-order valence-electron chi connectivity index (χ0n) is 26.8. The van der Waals surface area contributed by atoms with Crippen LogP contribution in [0, 0.1) is 0 Å². The second-order valence-corrected chi connectivity index (χ2v) is 17.9. The van der Waals surface area contributed by atoms with Gasteiger partial charge in [-0.1, -0.05) is 0 Å². The van der Waals surface area contributed by atoms with E-state index in [9.17, 15) is 58.3 Å². The lowest BCUT2D eigenvalue weighted by Crippen LogP contribution is -2.30. The van der Waals surface area contributed by atoms with Crippen molar-refractivity contribution < 1.29 is 85.4 Å². The first-order valence-corrected chi connectivity index (χ1v) is 21.0. The first-order chi connectivity index (χ1) is 24.8. The van der Waals surface area contributed by atoms with E-state index >= 15 is 0 Å². The van der Waals surface area contributed by atoms with E-state index in [2.05, 4.69) is 42.6 Å². The van der Waals surface area contributed by atoms with E-state index in [4.69, 9.17) is 20.9 Å². The van der Waals surface area contributed by atoms with Crippen LogP contribution < -0.4 is 16.4 Å². The van der Waals surface area contributed by atoms with E-state index in [1.165, 1.54) is 27.7 Å². The third kappa shape index (κ3) is 11.6. The van der Waals surface area contributed by atoms with Crippen LogP contribution in [0.25, 0.3) is 22.3 Å². The number of phosphoric ester groups is 2. The SMILES string of the molecule is Nc1ncnc2c1ncn2[C@H](CO)O[C@@H](CO)COP(=O)([O-])OP(=O)(O)CP(=O)(O)OP(=O)(O)OC[C@H](CO)O[C@H](CO)n1cnc2c(N)ccnc21. The summed E-state index contributed by atoms with van der Waals surface area (Å²) in [5.74, 6) is -2.08. The molecule has 0 aliphatic rings. The fourth-order valence-corrected chi connectivity index (χ4v) is 11.1.